The summed E-state index contributed by atoms with van der Waals surface area (Å²) in [6, 6.07) is 69.6. The predicted molar refractivity (Wildman–Crippen MR) is 235 cm³/mol. The van der Waals surface area contributed by atoms with Gasteiger partial charge in [0.1, 0.15) is 11.2 Å². The van der Waals surface area contributed by atoms with E-state index in [-0.39, 0.29) is 0 Å². The SMILES string of the molecule is c1ccc(-c2ccc(-c3c4c(cc5c(-c6cccc(-c7cc(-c8ccccc8)nc(-c8ccccc8)n7)c6)nc6ccccc6c35)oc3ccccc34)cc2)cc1. The van der Waals surface area contributed by atoms with Crippen molar-refractivity contribution in [3.05, 3.63) is 200 Å². The van der Waals surface area contributed by atoms with E-state index in [4.69, 9.17) is 19.4 Å². The van der Waals surface area contributed by atoms with Crippen molar-refractivity contribution in [3.63, 3.8) is 0 Å². The van der Waals surface area contributed by atoms with Crippen molar-refractivity contribution in [1.29, 1.82) is 0 Å². The Bertz CT molecular complexity index is 3210. The highest BCUT2D eigenvalue weighted by Gasteiger charge is 2.22. The average Bonchev–Trinajstić information content (AvgIpc) is 3.67. The molecule has 11 aromatic rings. The summed E-state index contributed by atoms with van der Waals surface area (Å²) in [5.74, 6) is 0.682. The number of aromatic nitrogens is 3. The molecule has 0 bridgehead atoms. The lowest BCUT2D eigenvalue weighted by molar-refractivity contribution is 0.669. The van der Waals surface area contributed by atoms with Crippen LogP contribution >= 0.6 is 0 Å². The van der Waals surface area contributed by atoms with Crippen molar-refractivity contribution in [1.82, 2.24) is 15.0 Å². The Hall–Kier alpha value is -7.69. The first-order valence-electron chi connectivity index (χ1n) is 19.2. The van der Waals surface area contributed by atoms with Gasteiger partial charge in [0.25, 0.3) is 0 Å². The second-order valence-electron chi connectivity index (χ2n) is 14.3. The molecular weight excluding hydrogens is 695 g/mol. The number of rotatable bonds is 6. The first-order chi connectivity index (χ1) is 28.2. The number of fused-ring (bicyclic) bond motifs is 6. The normalized spacial score (nSPS) is 11.5. The number of furan rings is 1. The molecule has 0 saturated carbocycles. The minimum absolute atomic E-state index is 0.682. The minimum atomic E-state index is 0.682. The molecule has 0 aliphatic carbocycles. The van der Waals surface area contributed by atoms with Gasteiger partial charge >= 0.3 is 0 Å². The fourth-order valence-electron chi connectivity index (χ4n) is 8.18. The molecule has 4 heteroatoms. The van der Waals surface area contributed by atoms with Gasteiger partial charge in [0.05, 0.1) is 22.6 Å². The van der Waals surface area contributed by atoms with E-state index in [1.54, 1.807) is 0 Å². The van der Waals surface area contributed by atoms with E-state index in [0.29, 0.717) is 5.82 Å². The molecule has 11 rings (SSSR count). The van der Waals surface area contributed by atoms with Gasteiger partial charge in [0.2, 0.25) is 0 Å². The summed E-state index contributed by atoms with van der Waals surface area (Å²) in [6.45, 7) is 0. The van der Waals surface area contributed by atoms with E-state index in [9.17, 15) is 0 Å². The summed E-state index contributed by atoms with van der Waals surface area (Å²) >= 11 is 0. The molecular formula is C53H33N3O. The molecule has 0 saturated heterocycles. The van der Waals surface area contributed by atoms with Crippen LogP contribution in [0.15, 0.2) is 205 Å². The highest BCUT2D eigenvalue weighted by Crippen LogP contribution is 2.46. The third-order valence-corrected chi connectivity index (χ3v) is 10.9. The summed E-state index contributed by atoms with van der Waals surface area (Å²) in [7, 11) is 0. The van der Waals surface area contributed by atoms with Crippen LogP contribution in [0.25, 0.3) is 111 Å². The van der Waals surface area contributed by atoms with Gasteiger partial charge in [-0.1, -0.05) is 170 Å². The molecule has 0 unspecified atom stereocenters. The van der Waals surface area contributed by atoms with Crippen LogP contribution in [-0.2, 0) is 0 Å². The molecule has 4 nitrogen and oxygen atoms in total. The summed E-state index contributed by atoms with van der Waals surface area (Å²) in [5.41, 5.74) is 13.8. The Morgan fingerprint density at radius 3 is 1.63 bits per heavy atom. The van der Waals surface area contributed by atoms with Crippen LogP contribution in [0.4, 0.5) is 0 Å². The number of pyridine rings is 1. The fourth-order valence-corrected chi connectivity index (χ4v) is 8.18. The standard InChI is InChI=1S/C53H33N3O/c1-4-15-34(16-5-1)35-27-29-37(30-28-35)49-50-41-23-10-12-25-44(41)54-52(43(50)32-48-51(49)42-24-11-13-26-47(42)57-48)40-22-14-21-39(31-40)46-33-45(36-17-6-2-7-18-36)55-53(56-46)38-19-8-3-9-20-38/h1-33H. The van der Waals surface area contributed by atoms with Crippen molar-refractivity contribution >= 4 is 43.6 Å². The average molecular weight is 728 g/mol. The van der Waals surface area contributed by atoms with Gasteiger partial charge in [-0.2, -0.15) is 0 Å². The fraction of sp³-hybridized carbons (Fsp3) is 0. The number of benzene rings is 8. The Morgan fingerprint density at radius 1 is 0.316 bits per heavy atom. The van der Waals surface area contributed by atoms with Gasteiger partial charge in [0.15, 0.2) is 5.82 Å². The maximum absolute atomic E-state index is 6.68. The van der Waals surface area contributed by atoms with Crippen LogP contribution in [0.3, 0.4) is 0 Å². The molecule has 57 heavy (non-hydrogen) atoms. The van der Waals surface area contributed by atoms with Crippen molar-refractivity contribution < 1.29 is 4.42 Å². The zero-order valence-corrected chi connectivity index (χ0v) is 30.8. The van der Waals surface area contributed by atoms with Crippen LogP contribution in [0.2, 0.25) is 0 Å². The van der Waals surface area contributed by atoms with E-state index in [1.165, 1.54) is 11.1 Å². The molecule has 3 heterocycles. The summed E-state index contributed by atoms with van der Waals surface area (Å²) < 4.78 is 6.68. The third-order valence-electron chi connectivity index (χ3n) is 10.9. The maximum atomic E-state index is 6.68. The summed E-state index contributed by atoms with van der Waals surface area (Å²) in [4.78, 5) is 15.6. The molecule has 3 aromatic heterocycles. The van der Waals surface area contributed by atoms with Gasteiger partial charge in [-0.15, -0.1) is 0 Å². The Morgan fingerprint density at radius 2 is 0.877 bits per heavy atom. The van der Waals surface area contributed by atoms with Gasteiger partial charge in [-0.05, 0) is 47.0 Å². The van der Waals surface area contributed by atoms with Crippen molar-refractivity contribution in [2.45, 2.75) is 0 Å². The largest absolute Gasteiger partial charge is 0.456 e. The van der Waals surface area contributed by atoms with E-state index >= 15 is 0 Å². The van der Waals surface area contributed by atoms with Gasteiger partial charge < -0.3 is 4.42 Å². The molecule has 8 aromatic carbocycles. The van der Waals surface area contributed by atoms with Gasteiger partial charge in [-0.3, -0.25) is 0 Å². The van der Waals surface area contributed by atoms with E-state index in [0.717, 1.165) is 94.1 Å². The number of nitrogens with zero attached hydrogens (tertiary/aromatic N) is 3. The first-order valence-corrected chi connectivity index (χ1v) is 19.2. The number of hydrogen-bond acceptors (Lipinski definition) is 4. The van der Waals surface area contributed by atoms with Crippen molar-refractivity contribution in [3.8, 4) is 67.4 Å². The minimum Gasteiger partial charge on any atom is -0.456 e. The predicted octanol–water partition coefficient (Wildman–Crippen LogP) is 14.1. The van der Waals surface area contributed by atoms with Gasteiger partial charge in [0, 0.05) is 54.7 Å². The smallest absolute Gasteiger partial charge is 0.160 e. The molecule has 0 aliphatic heterocycles. The Labute approximate surface area is 329 Å². The van der Waals surface area contributed by atoms with Crippen LogP contribution < -0.4 is 0 Å². The molecule has 0 amide bonds. The highest BCUT2D eigenvalue weighted by molar-refractivity contribution is 6.27. The lowest BCUT2D eigenvalue weighted by atomic mass is 9.88. The first kappa shape index (κ1) is 32.7. The summed E-state index contributed by atoms with van der Waals surface area (Å²) in [6.07, 6.45) is 0. The molecule has 0 atom stereocenters. The molecule has 266 valence electrons. The number of hydrogen-bond donors (Lipinski definition) is 0. The molecule has 0 fully saturated rings. The monoisotopic (exact) mass is 727 g/mol. The lowest BCUT2D eigenvalue weighted by Crippen LogP contribution is -1.96. The van der Waals surface area contributed by atoms with Crippen LogP contribution in [-0.4, -0.2) is 15.0 Å². The van der Waals surface area contributed by atoms with E-state index in [2.05, 4.69) is 158 Å². The van der Waals surface area contributed by atoms with Crippen molar-refractivity contribution in [2.75, 3.05) is 0 Å². The van der Waals surface area contributed by atoms with Crippen molar-refractivity contribution in [2.24, 2.45) is 0 Å². The number of para-hydroxylation sites is 2. The third kappa shape index (κ3) is 5.74. The molecule has 0 spiro atoms. The molecule has 0 N–H and O–H groups in total. The Kier molecular flexibility index (Phi) is 7.78. The topological polar surface area (TPSA) is 51.8 Å². The zero-order chi connectivity index (χ0) is 37.7. The molecule has 0 aliphatic rings. The summed E-state index contributed by atoms with van der Waals surface area (Å²) in [5, 5.41) is 5.46. The second-order valence-corrected chi connectivity index (χ2v) is 14.3. The highest BCUT2D eigenvalue weighted by atomic mass is 16.3. The Balaban J connectivity index is 1.17. The molecule has 0 radical (unpaired) electrons. The zero-order valence-electron chi connectivity index (χ0n) is 30.8. The van der Waals surface area contributed by atoms with Crippen LogP contribution in [0.1, 0.15) is 0 Å². The lowest BCUT2D eigenvalue weighted by Gasteiger charge is -2.16. The van der Waals surface area contributed by atoms with Crippen LogP contribution in [0.5, 0.6) is 0 Å². The maximum Gasteiger partial charge on any atom is 0.160 e. The van der Waals surface area contributed by atoms with Crippen LogP contribution in [0, 0.1) is 0 Å². The second kappa shape index (κ2) is 13.6. The quantitative estimate of drug-likeness (QED) is 0.160. The van der Waals surface area contributed by atoms with E-state index in [1.807, 2.05) is 42.5 Å². The van der Waals surface area contributed by atoms with Gasteiger partial charge in [-0.25, -0.2) is 15.0 Å². The van der Waals surface area contributed by atoms with E-state index < -0.39 is 0 Å².